The summed E-state index contributed by atoms with van der Waals surface area (Å²) in [7, 11) is -2.54. The number of carbonyl (C=O) groups is 1. The van der Waals surface area contributed by atoms with E-state index in [0.29, 0.717) is 27.6 Å². The third-order valence-electron chi connectivity index (χ3n) is 4.42. The molecule has 0 atom stereocenters. The molecule has 1 heterocycles. The number of alkyl halides is 3. The van der Waals surface area contributed by atoms with Gasteiger partial charge in [-0.1, -0.05) is 6.58 Å². The number of hydrogen-bond acceptors (Lipinski definition) is 3. The molecule has 0 saturated heterocycles. The largest absolute Gasteiger partial charge is 0.416 e. The molecule has 1 aromatic heterocycles. The average molecular weight is 421 g/mol. The lowest BCUT2D eigenvalue weighted by molar-refractivity contribution is -0.137. The Kier molecular flexibility index (Phi) is 5.41. The molecule has 0 spiro atoms. The van der Waals surface area contributed by atoms with Crippen LogP contribution in [0.2, 0.25) is 0 Å². The molecular weight excluding hydrogens is 402 g/mol. The quantitative estimate of drug-likeness (QED) is 0.499. The van der Waals surface area contributed by atoms with Crippen LogP contribution in [-0.2, 0) is 22.1 Å². The van der Waals surface area contributed by atoms with Gasteiger partial charge in [0.2, 0.25) is 5.91 Å². The van der Waals surface area contributed by atoms with Crippen LogP contribution < -0.4 is 10.6 Å². The van der Waals surface area contributed by atoms with E-state index in [1.165, 1.54) is 16.8 Å². The lowest BCUT2D eigenvalue weighted by Gasteiger charge is -2.09. The van der Waals surface area contributed by atoms with Crippen LogP contribution in [0.25, 0.3) is 16.6 Å². The van der Waals surface area contributed by atoms with Gasteiger partial charge in [-0.3, -0.25) is 4.79 Å². The minimum Gasteiger partial charge on any atom is -0.347 e. The second-order valence-corrected chi connectivity index (χ2v) is 10.1. The fraction of sp³-hybridized carbons (Fsp3) is 0.200. The highest BCUT2D eigenvalue weighted by Gasteiger charge is 2.30. The highest BCUT2D eigenvalue weighted by molar-refractivity contribution is 7.70. The number of nitrogens with zero attached hydrogens (tertiary/aromatic N) is 2. The van der Waals surface area contributed by atoms with Gasteiger partial charge in [0.25, 0.3) is 0 Å². The van der Waals surface area contributed by atoms with E-state index in [1.54, 1.807) is 31.5 Å². The fourth-order valence-electron chi connectivity index (χ4n) is 2.87. The molecule has 29 heavy (non-hydrogen) atoms. The van der Waals surface area contributed by atoms with Crippen molar-refractivity contribution in [2.24, 2.45) is 0 Å². The predicted molar refractivity (Wildman–Crippen MR) is 107 cm³/mol. The average Bonchev–Trinajstić information content (AvgIpc) is 3.03. The second kappa shape index (κ2) is 7.52. The van der Waals surface area contributed by atoms with E-state index in [0.717, 1.165) is 18.2 Å². The normalized spacial score (nSPS) is 12.2. The SMILES string of the molecule is C=CC(=O)NCc1nn(-c2ccc(C(F)(F)F)cc2)c2ccc(P(C)(C)=O)cc12. The predicted octanol–water partition coefficient (Wildman–Crippen LogP) is 4.09. The molecule has 0 radical (unpaired) electrons. The Morgan fingerprint density at radius 2 is 1.86 bits per heavy atom. The van der Waals surface area contributed by atoms with Gasteiger partial charge in [0.15, 0.2) is 0 Å². The first-order chi connectivity index (χ1) is 13.5. The molecule has 5 nitrogen and oxygen atoms in total. The molecule has 0 fully saturated rings. The van der Waals surface area contributed by atoms with Gasteiger partial charge in [0.05, 0.1) is 29.0 Å². The van der Waals surface area contributed by atoms with E-state index < -0.39 is 18.9 Å². The zero-order chi connectivity index (χ0) is 21.4. The van der Waals surface area contributed by atoms with Gasteiger partial charge < -0.3 is 9.88 Å². The van der Waals surface area contributed by atoms with Crippen molar-refractivity contribution < 1.29 is 22.5 Å². The van der Waals surface area contributed by atoms with Crippen LogP contribution in [0, 0.1) is 0 Å². The Morgan fingerprint density at radius 1 is 1.21 bits per heavy atom. The number of rotatable bonds is 5. The molecule has 0 aliphatic rings. The minimum absolute atomic E-state index is 0.0934. The number of halogens is 3. The van der Waals surface area contributed by atoms with Crippen molar-refractivity contribution in [1.82, 2.24) is 15.1 Å². The topological polar surface area (TPSA) is 64.0 Å². The molecule has 0 aliphatic carbocycles. The molecule has 3 aromatic rings. The Balaban J connectivity index is 2.13. The maximum absolute atomic E-state index is 12.8. The van der Waals surface area contributed by atoms with Gasteiger partial charge in [0, 0.05) is 10.7 Å². The third-order valence-corrected chi connectivity index (χ3v) is 5.94. The number of carbonyl (C=O) groups excluding carboxylic acids is 1. The molecule has 9 heteroatoms. The first-order valence-electron chi connectivity index (χ1n) is 8.66. The van der Waals surface area contributed by atoms with Crippen LogP contribution in [-0.4, -0.2) is 29.0 Å². The Morgan fingerprint density at radius 3 is 2.41 bits per heavy atom. The number of amides is 1. The molecule has 0 unspecified atom stereocenters. The first-order valence-corrected chi connectivity index (χ1v) is 11.3. The summed E-state index contributed by atoms with van der Waals surface area (Å²) in [5.41, 5.74) is 0.819. The van der Waals surface area contributed by atoms with Crippen molar-refractivity contribution in [3.05, 3.63) is 66.4 Å². The summed E-state index contributed by atoms with van der Waals surface area (Å²) in [6.07, 6.45) is -3.30. The molecule has 1 amide bonds. The van der Waals surface area contributed by atoms with E-state index in [-0.39, 0.29) is 12.5 Å². The van der Waals surface area contributed by atoms with E-state index in [4.69, 9.17) is 0 Å². The highest BCUT2D eigenvalue weighted by Crippen LogP contribution is 2.36. The van der Waals surface area contributed by atoms with E-state index in [1.807, 2.05) is 0 Å². The van der Waals surface area contributed by atoms with Crippen LogP contribution in [0.1, 0.15) is 11.3 Å². The van der Waals surface area contributed by atoms with E-state index >= 15 is 0 Å². The number of aromatic nitrogens is 2. The number of fused-ring (bicyclic) bond motifs is 1. The third kappa shape index (κ3) is 4.43. The zero-order valence-corrected chi connectivity index (χ0v) is 16.7. The van der Waals surface area contributed by atoms with Gasteiger partial charge in [0.1, 0.15) is 7.14 Å². The van der Waals surface area contributed by atoms with Gasteiger partial charge >= 0.3 is 6.18 Å². The molecule has 3 rings (SSSR count). The molecule has 1 N–H and O–H groups in total. The van der Waals surface area contributed by atoms with Crippen molar-refractivity contribution in [1.29, 1.82) is 0 Å². The summed E-state index contributed by atoms with van der Waals surface area (Å²) in [6.45, 7) is 6.78. The summed E-state index contributed by atoms with van der Waals surface area (Å²) in [5, 5.41) is 8.43. The maximum Gasteiger partial charge on any atom is 0.416 e. The smallest absolute Gasteiger partial charge is 0.347 e. The highest BCUT2D eigenvalue weighted by atomic mass is 31.2. The Labute approximate surface area is 165 Å². The van der Waals surface area contributed by atoms with Crippen LogP contribution >= 0.6 is 7.14 Å². The number of benzene rings is 2. The molecule has 0 saturated carbocycles. The fourth-order valence-corrected chi connectivity index (χ4v) is 3.74. The Bertz CT molecular complexity index is 1130. The van der Waals surface area contributed by atoms with Crippen LogP contribution in [0.5, 0.6) is 0 Å². The van der Waals surface area contributed by atoms with Gasteiger partial charge in [-0.05, 0) is 61.9 Å². The summed E-state index contributed by atoms with van der Waals surface area (Å²) >= 11 is 0. The summed E-state index contributed by atoms with van der Waals surface area (Å²) in [6, 6.07) is 9.84. The molecule has 152 valence electrons. The first kappa shape index (κ1) is 20.9. The van der Waals surface area contributed by atoms with E-state index in [2.05, 4.69) is 17.0 Å². The Hall–Kier alpha value is -2.86. The number of nitrogens with one attached hydrogen (secondary N) is 1. The minimum atomic E-state index is -4.43. The van der Waals surface area contributed by atoms with Gasteiger partial charge in [-0.15, -0.1) is 0 Å². The van der Waals surface area contributed by atoms with E-state index in [9.17, 15) is 22.5 Å². The van der Waals surface area contributed by atoms with Crippen molar-refractivity contribution >= 4 is 29.3 Å². The summed E-state index contributed by atoms with van der Waals surface area (Å²) in [4.78, 5) is 11.5. The van der Waals surface area contributed by atoms with Crippen molar-refractivity contribution in [3.8, 4) is 5.69 Å². The van der Waals surface area contributed by atoms with Gasteiger partial charge in [-0.2, -0.15) is 18.3 Å². The molecule has 2 aromatic carbocycles. The van der Waals surface area contributed by atoms with Crippen molar-refractivity contribution in [2.75, 3.05) is 13.3 Å². The van der Waals surface area contributed by atoms with Crippen LogP contribution in [0.3, 0.4) is 0 Å². The van der Waals surface area contributed by atoms with Crippen molar-refractivity contribution in [3.63, 3.8) is 0 Å². The van der Waals surface area contributed by atoms with Crippen molar-refractivity contribution in [2.45, 2.75) is 12.7 Å². The summed E-state index contributed by atoms with van der Waals surface area (Å²) in [5.74, 6) is -0.380. The number of hydrogen-bond donors (Lipinski definition) is 1. The monoisotopic (exact) mass is 421 g/mol. The molecule has 0 aliphatic heterocycles. The lowest BCUT2D eigenvalue weighted by atomic mass is 10.2. The lowest BCUT2D eigenvalue weighted by Crippen LogP contribution is -2.20. The molecular formula is C20H19F3N3O2P. The van der Waals surface area contributed by atoms with Crippen LogP contribution in [0.15, 0.2) is 55.1 Å². The zero-order valence-electron chi connectivity index (χ0n) is 15.8. The van der Waals surface area contributed by atoms with Crippen LogP contribution in [0.4, 0.5) is 13.2 Å². The maximum atomic E-state index is 12.8. The van der Waals surface area contributed by atoms with Gasteiger partial charge in [-0.25, -0.2) is 4.68 Å². The summed E-state index contributed by atoms with van der Waals surface area (Å²) < 4.78 is 52.5. The standard InChI is InChI=1S/C20H19F3N3O2P/c1-4-19(27)24-12-17-16-11-15(29(2,3)28)9-10-18(16)26(25-17)14-7-5-13(6-8-14)20(21,22)23/h4-11H,1,12H2,2-3H3,(H,24,27). The molecule has 0 bridgehead atoms. The second-order valence-electron chi connectivity index (χ2n) is 6.88.